The van der Waals surface area contributed by atoms with Crippen molar-refractivity contribution in [2.45, 2.75) is 31.2 Å². The first kappa shape index (κ1) is 7.21. The molecule has 1 heterocycles. The molecule has 3 N–H and O–H groups in total. The number of Topliss-reactive ketones (excluding diaryl/α,β-unsaturated/α-hetero) is 1. The van der Waals surface area contributed by atoms with Gasteiger partial charge in [-0.05, 0) is 12.8 Å². The predicted molar refractivity (Wildman–Crippen MR) is 40.5 cm³/mol. The smallest absolute Gasteiger partial charge is 0.133 e. The molecule has 1 saturated heterocycles. The van der Waals surface area contributed by atoms with Crippen LogP contribution in [0.15, 0.2) is 0 Å². The molecule has 11 heavy (non-hydrogen) atoms. The van der Waals surface area contributed by atoms with Crippen molar-refractivity contribution in [1.82, 2.24) is 16.4 Å². The Morgan fingerprint density at radius 3 is 2.55 bits per heavy atom. The first-order valence-corrected chi connectivity index (χ1v) is 4.08. The second-order valence-corrected chi connectivity index (χ2v) is 3.42. The number of rotatable bonds is 0. The zero-order valence-corrected chi connectivity index (χ0v) is 6.44. The van der Waals surface area contributed by atoms with Gasteiger partial charge >= 0.3 is 0 Å². The van der Waals surface area contributed by atoms with E-state index in [9.17, 15) is 4.79 Å². The molecule has 1 aliphatic heterocycles. The number of nitrogens with one attached hydrogen (secondary N) is 3. The fourth-order valence-corrected chi connectivity index (χ4v) is 1.74. The van der Waals surface area contributed by atoms with Gasteiger partial charge in [-0.15, -0.1) is 0 Å². The van der Waals surface area contributed by atoms with E-state index in [-0.39, 0.29) is 5.54 Å². The summed E-state index contributed by atoms with van der Waals surface area (Å²) in [5.74, 6) is 0.407. The Hall–Kier alpha value is -0.450. The van der Waals surface area contributed by atoms with Gasteiger partial charge in [0, 0.05) is 24.9 Å². The molecule has 0 amide bonds. The van der Waals surface area contributed by atoms with Crippen molar-refractivity contribution in [3.63, 3.8) is 0 Å². The van der Waals surface area contributed by atoms with Gasteiger partial charge in [0.15, 0.2) is 0 Å². The third kappa shape index (κ3) is 1.29. The lowest BCUT2D eigenvalue weighted by atomic mass is 9.82. The molecule has 0 radical (unpaired) electrons. The van der Waals surface area contributed by atoms with Gasteiger partial charge in [-0.2, -0.15) is 5.53 Å². The van der Waals surface area contributed by atoms with Crippen LogP contribution in [0.2, 0.25) is 0 Å². The lowest BCUT2D eigenvalue weighted by Crippen LogP contribution is -2.48. The maximum absolute atomic E-state index is 10.9. The molecular weight excluding hydrogens is 142 g/mol. The van der Waals surface area contributed by atoms with E-state index in [1.54, 1.807) is 0 Å². The summed E-state index contributed by atoms with van der Waals surface area (Å²) in [4.78, 5) is 10.9. The van der Waals surface area contributed by atoms with Crippen molar-refractivity contribution < 1.29 is 4.79 Å². The quantitative estimate of drug-likeness (QED) is 0.440. The van der Waals surface area contributed by atoms with E-state index in [1.807, 2.05) is 0 Å². The van der Waals surface area contributed by atoms with Crippen molar-refractivity contribution in [2.75, 3.05) is 6.54 Å². The topological polar surface area (TPSA) is 53.2 Å². The summed E-state index contributed by atoms with van der Waals surface area (Å²) in [6.45, 7) is 0.931. The number of carbonyl (C=O) groups is 1. The molecule has 1 saturated carbocycles. The van der Waals surface area contributed by atoms with E-state index >= 15 is 0 Å². The van der Waals surface area contributed by atoms with Gasteiger partial charge in [0.05, 0.1) is 0 Å². The van der Waals surface area contributed by atoms with E-state index in [2.05, 4.69) is 16.4 Å². The Bertz CT molecular complexity index is 163. The highest BCUT2D eigenvalue weighted by Gasteiger charge is 2.36. The second-order valence-electron chi connectivity index (χ2n) is 3.42. The van der Waals surface area contributed by atoms with Crippen molar-refractivity contribution in [2.24, 2.45) is 0 Å². The molecule has 4 heteroatoms. The minimum atomic E-state index is 0.161. The highest BCUT2D eigenvalue weighted by molar-refractivity contribution is 5.79. The van der Waals surface area contributed by atoms with Gasteiger partial charge < -0.3 is 0 Å². The van der Waals surface area contributed by atoms with Gasteiger partial charge in [0.1, 0.15) is 5.78 Å². The van der Waals surface area contributed by atoms with Crippen molar-refractivity contribution in [1.29, 1.82) is 0 Å². The Kier molecular flexibility index (Phi) is 1.67. The Labute approximate surface area is 65.7 Å². The minimum Gasteiger partial charge on any atom is -0.300 e. The third-order valence-electron chi connectivity index (χ3n) is 2.61. The average Bonchev–Trinajstić information content (AvgIpc) is 2.45. The molecule has 0 aromatic rings. The molecule has 2 fully saturated rings. The van der Waals surface area contributed by atoms with Crippen LogP contribution >= 0.6 is 0 Å². The van der Waals surface area contributed by atoms with E-state index in [4.69, 9.17) is 0 Å². The van der Waals surface area contributed by atoms with Crippen molar-refractivity contribution in [3.8, 4) is 0 Å². The van der Waals surface area contributed by atoms with Gasteiger partial charge in [-0.1, -0.05) is 0 Å². The van der Waals surface area contributed by atoms with Crippen LogP contribution in [0.3, 0.4) is 0 Å². The Morgan fingerprint density at radius 2 is 2.00 bits per heavy atom. The monoisotopic (exact) mass is 155 g/mol. The molecule has 1 spiro atoms. The van der Waals surface area contributed by atoms with Gasteiger partial charge in [-0.3, -0.25) is 4.79 Å². The first-order chi connectivity index (χ1) is 5.31. The summed E-state index contributed by atoms with van der Waals surface area (Å²) in [7, 11) is 0. The summed E-state index contributed by atoms with van der Waals surface area (Å²) < 4.78 is 0. The highest BCUT2D eigenvalue weighted by Crippen LogP contribution is 2.26. The molecule has 0 unspecified atom stereocenters. The van der Waals surface area contributed by atoms with E-state index in [0.29, 0.717) is 5.78 Å². The summed E-state index contributed by atoms with van der Waals surface area (Å²) in [6.07, 6.45) is 3.39. The molecule has 2 aliphatic rings. The standard InChI is InChI=1S/C7H13N3O/c11-6-1-3-7(4-2-6)5-8-10-9-7/h8-10H,1-5H2. The second kappa shape index (κ2) is 2.55. The van der Waals surface area contributed by atoms with Crippen molar-refractivity contribution >= 4 is 5.78 Å². The van der Waals surface area contributed by atoms with Crippen LogP contribution in [-0.4, -0.2) is 17.9 Å². The summed E-state index contributed by atoms with van der Waals surface area (Å²) in [6, 6.07) is 0. The normalized spacial score (nSPS) is 29.6. The molecule has 2 rings (SSSR count). The fourth-order valence-electron chi connectivity index (χ4n) is 1.74. The van der Waals surface area contributed by atoms with Crippen LogP contribution in [0.25, 0.3) is 0 Å². The van der Waals surface area contributed by atoms with Crippen LogP contribution < -0.4 is 16.4 Å². The highest BCUT2D eigenvalue weighted by atomic mass is 16.1. The average molecular weight is 155 g/mol. The number of ketones is 1. The van der Waals surface area contributed by atoms with Crippen LogP contribution in [0.5, 0.6) is 0 Å². The SMILES string of the molecule is O=C1CCC2(CC1)CNNN2. The van der Waals surface area contributed by atoms with Gasteiger partial charge in [-0.25, -0.2) is 10.9 Å². The molecule has 0 aromatic carbocycles. The van der Waals surface area contributed by atoms with E-state index in [0.717, 1.165) is 32.2 Å². The van der Waals surface area contributed by atoms with E-state index in [1.165, 1.54) is 0 Å². The largest absolute Gasteiger partial charge is 0.300 e. The molecule has 0 bridgehead atoms. The van der Waals surface area contributed by atoms with Crippen LogP contribution in [0.4, 0.5) is 0 Å². The fraction of sp³-hybridized carbons (Fsp3) is 0.857. The number of hydrogen-bond donors (Lipinski definition) is 3. The molecule has 1 aliphatic carbocycles. The lowest BCUT2D eigenvalue weighted by Gasteiger charge is -2.30. The predicted octanol–water partition coefficient (Wildman–Crippen LogP) is -0.519. The zero-order valence-electron chi connectivity index (χ0n) is 6.44. The summed E-state index contributed by atoms with van der Waals surface area (Å²) in [5.41, 5.74) is 9.25. The van der Waals surface area contributed by atoms with Gasteiger partial charge in [0.25, 0.3) is 0 Å². The molecule has 4 nitrogen and oxygen atoms in total. The number of hydrogen-bond acceptors (Lipinski definition) is 4. The molecule has 0 atom stereocenters. The summed E-state index contributed by atoms with van der Waals surface area (Å²) in [5, 5.41) is 0. The van der Waals surface area contributed by atoms with Crippen LogP contribution in [-0.2, 0) is 4.79 Å². The summed E-state index contributed by atoms with van der Waals surface area (Å²) >= 11 is 0. The Balaban J connectivity index is 1.99. The minimum absolute atomic E-state index is 0.161. The van der Waals surface area contributed by atoms with Crippen molar-refractivity contribution in [3.05, 3.63) is 0 Å². The van der Waals surface area contributed by atoms with Crippen LogP contribution in [0, 0.1) is 0 Å². The Morgan fingerprint density at radius 1 is 1.27 bits per heavy atom. The first-order valence-electron chi connectivity index (χ1n) is 4.08. The van der Waals surface area contributed by atoms with Crippen LogP contribution in [0.1, 0.15) is 25.7 Å². The lowest BCUT2D eigenvalue weighted by molar-refractivity contribution is -0.121. The maximum atomic E-state index is 10.9. The van der Waals surface area contributed by atoms with E-state index < -0.39 is 0 Å². The third-order valence-corrected chi connectivity index (χ3v) is 2.61. The zero-order chi connectivity index (χ0) is 7.73. The maximum Gasteiger partial charge on any atom is 0.133 e. The van der Waals surface area contributed by atoms with Gasteiger partial charge in [0.2, 0.25) is 0 Å². The number of carbonyl (C=O) groups excluding carboxylic acids is 1. The molecular formula is C7H13N3O. The molecule has 0 aromatic heterocycles. The molecule has 62 valence electrons. The number of hydrazine groups is 2.